The molecular weight excluding hydrogens is 513 g/mol. The molecule has 164 valence electrons. The molecule has 0 saturated carbocycles. The molecule has 0 aliphatic carbocycles. The van der Waals surface area contributed by atoms with Gasteiger partial charge in [-0.25, -0.2) is 9.98 Å². The standard InChI is InChI=1S/C21H29N5O2S.HI/c1-14-15(2)29-19(24-14)9-11-22-21(23-13-20(27)26(3)4)25-17-10-12-28-18-8-6-5-7-16(17)18;/h5-8,17H,9-13H2,1-4H3,(H2,22,23,25);1H. The second-order valence-corrected chi connectivity index (χ2v) is 8.54. The molecule has 1 amide bonds. The highest BCUT2D eigenvalue weighted by Gasteiger charge is 2.22. The minimum absolute atomic E-state index is 0. The van der Waals surface area contributed by atoms with Gasteiger partial charge in [-0.3, -0.25) is 4.79 Å². The number of rotatable bonds is 6. The molecule has 2 aromatic rings. The first-order chi connectivity index (χ1) is 13.9. The lowest BCUT2D eigenvalue weighted by Crippen LogP contribution is -2.42. The van der Waals surface area contributed by atoms with Crippen LogP contribution in [0.2, 0.25) is 0 Å². The van der Waals surface area contributed by atoms with Gasteiger partial charge in [0.15, 0.2) is 5.96 Å². The van der Waals surface area contributed by atoms with E-state index in [1.165, 1.54) is 4.88 Å². The molecule has 1 aliphatic rings. The summed E-state index contributed by atoms with van der Waals surface area (Å²) in [5, 5.41) is 7.95. The summed E-state index contributed by atoms with van der Waals surface area (Å²) in [4.78, 5) is 23.9. The van der Waals surface area contributed by atoms with Gasteiger partial charge in [-0.2, -0.15) is 0 Å². The molecule has 1 aromatic carbocycles. The summed E-state index contributed by atoms with van der Waals surface area (Å²) in [7, 11) is 3.47. The van der Waals surface area contributed by atoms with E-state index in [1.807, 2.05) is 25.1 Å². The van der Waals surface area contributed by atoms with Crippen molar-refractivity contribution in [2.45, 2.75) is 32.7 Å². The molecule has 3 rings (SSSR count). The van der Waals surface area contributed by atoms with Crippen LogP contribution in [0.3, 0.4) is 0 Å². The van der Waals surface area contributed by atoms with E-state index in [0.717, 1.165) is 34.9 Å². The van der Waals surface area contributed by atoms with Crippen molar-refractivity contribution in [3.8, 4) is 5.75 Å². The average Bonchev–Trinajstić information content (AvgIpc) is 3.03. The Morgan fingerprint density at radius 2 is 2.10 bits per heavy atom. The summed E-state index contributed by atoms with van der Waals surface area (Å²) in [6.45, 7) is 5.57. The summed E-state index contributed by atoms with van der Waals surface area (Å²) in [5.41, 5.74) is 2.20. The Morgan fingerprint density at radius 3 is 2.80 bits per heavy atom. The Hall–Kier alpha value is -1.88. The lowest BCUT2D eigenvalue weighted by atomic mass is 10.0. The van der Waals surface area contributed by atoms with Crippen molar-refractivity contribution in [2.75, 3.05) is 33.8 Å². The van der Waals surface area contributed by atoms with Crippen LogP contribution in [0.25, 0.3) is 0 Å². The fourth-order valence-electron chi connectivity index (χ4n) is 3.03. The SMILES string of the molecule is Cc1nc(CCNC(=NCC(=O)N(C)C)NC2CCOc3ccccc32)sc1C.I. The minimum Gasteiger partial charge on any atom is -0.493 e. The van der Waals surface area contributed by atoms with Gasteiger partial charge >= 0.3 is 0 Å². The van der Waals surface area contributed by atoms with Gasteiger partial charge in [0.1, 0.15) is 12.3 Å². The van der Waals surface area contributed by atoms with Crippen LogP contribution >= 0.6 is 35.3 Å². The third-order valence-electron chi connectivity index (χ3n) is 4.84. The van der Waals surface area contributed by atoms with Gasteiger partial charge in [-0.1, -0.05) is 18.2 Å². The van der Waals surface area contributed by atoms with Gasteiger partial charge in [-0.15, -0.1) is 35.3 Å². The molecule has 0 radical (unpaired) electrons. The van der Waals surface area contributed by atoms with E-state index < -0.39 is 0 Å². The van der Waals surface area contributed by atoms with Crippen molar-refractivity contribution in [1.82, 2.24) is 20.5 Å². The summed E-state index contributed by atoms with van der Waals surface area (Å²) in [6.07, 6.45) is 1.65. The number of guanidine groups is 1. The first-order valence-electron chi connectivity index (χ1n) is 9.83. The summed E-state index contributed by atoms with van der Waals surface area (Å²) in [6, 6.07) is 8.12. The molecule has 2 N–H and O–H groups in total. The fraction of sp³-hybridized carbons (Fsp3) is 0.476. The first-order valence-corrected chi connectivity index (χ1v) is 10.7. The zero-order valence-corrected chi connectivity index (χ0v) is 21.0. The Kier molecular flexibility index (Phi) is 9.35. The van der Waals surface area contributed by atoms with Crippen LogP contribution in [0.4, 0.5) is 0 Å². The number of para-hydroxylation sites is 1. The number of hydrogen-bond donors (Lipinski definition) is 2. The van der Waals surface area contributed by atoms with Crippen LogP contribution in [0.1, 0.15) is 33.6 Å². The normalized spacial score (nSPS) is 15.5. The zero-order chi connectivity index (χ0) is 20.8. The summed E-state index contributed by atoms with van der Waals surface area (Å²) < 4.78 is 5.75. The van der Waals surface area contributed by atoms with E-state index in [9.17, 15) is 4.79 Å². The molecule has 0 fully saturated rings. The zero-order valence-electron chi connectivity index (χ0n) is 17.9. The van der Waals surface area contributed by atoms with E-state index in [2.05, 4.69) is 33.6 Å². The second kappa shape index (κ2) is 11.5. The van der Waals surface area contributed by atoms with Crippen molar-refractivity contribution in [3.05, 3.63) is 45.4 Å². The Morgan fingerprint density at radius 1 is 1.33 bits per heavy atom. The maximum absolute atomic E-state index is 12.0. The van der Waals surface area contributed by atoms with E-state index in [4.69, 9.17) is 4.74 Å². The predicted molar refractivity (Wildman–Crippen MR) is 132 cm³/mol. The number of nitrogens with zero attached hydrogens (tertiary/aromatic N) is 3. The van der Waals surface area contributed by atoms with Crippen LogP contribution in [-0.4, -0.2) is 55.5 Å². The maximum Gasteiger partial charge on any atom is 0.243 e. The third kappa shape index (κ3) is 6.56. The van der Waals surface area contributed by atoms with Crippen LogP contribution in [0.5, 0.6) is 5.75 Å². The van der Waals surface area contributed by atoms with Gasteiger partial charge < -0.3 is 20.3 Å². The second-order valence-electron chi connectivity index (χ2n) is 7.25. The highest BCUT2D eigenvalue weighted by atomic mass is 127. The number of amides is 1. The number of likely N-dealkylation sites (N-methyl/N-ethyl adjacent to an activating group) is 1. The number of halogens is 1. The Labute approximate surface area is 199 Å². The number of thiazole rings is 1. The largest absolute Gasteiger partial charge is 0.493 e. The van der Waals surface area contributed by atoms with Crippen molar-refractivity contribution >= 4 is 47.2 Å². The summed E-state index contributed by atoms with van der Waals surface area (Å²) >= 11 is 1.73. The van der Waals surface area contributed by atoms with Crippen LogP contribution in [0, 0.1) is 13.8 Å². The molecular formula is C21H30IN5O2S. The number of nitrogens with one attached hydrogen (secondary N) is 2. The number of hydrogen-bond acceptors (Lipinski definition) is 5. The number of benzene rings is 1. The molecule has 7 nitrogen and oxygen atoms in total. The lowest BCUT2D eigenvalue weighted by Gasteiger charge is -2.28. The average molecular weight is 543 g/mol. The fourth-order valence-corrected chi connectivity index (χ4v) is 3.97. The number of aliphatic imine (C=N–C) groups is 1. The van der Waals surface area contributed by atoms with Gasteiger partial charge in [0.05, 0.1) is 23.4 Å². The van der Waals surface area contributed by atoms with Crippen molar-refractivity contribution in [2.24, 2.45) is 4.99 Å². The van der Waals surface area contributed by atoms with Gasteiger partial charge in [-0.05, 0) is 19.9 Å². The minimum atomic E-state index is -0.0374. The van der Waals surface area contributed by atoms with Crippen LogP contribution in [-0.2, 0) is 11.2 Å². The molecule has 0 bridgehead atoms. The highest BCUT2D eigenvalue weighted by Crippen LogP contribution is 2.31. The van der Waals surface area contributed by atoms with Crippen LogP contribution < -0.4 is 15.4 Å². The molecule has 1 aromatic heterocycles. The number of carbonyl (C=O) groups excluding carboxylic acids is 1. The first kappa shape index (κ1) is 24.4. The number of carbonyl (C=O) groups is 1. The molecule has 30 heavy (non-hydrogen) atoms. The Bertz CT molecular complexity index is 865. The van der Waals surface area contributed by atoms with Crippen molar-refractivity contribution in [1.29, 1.82) is 0 Å². The topological polar surface area (TPSA) is 78.9 Å². The quantitative estimate of drug-likeness (QED) is 0.333. The molecule has 9 heteroatoms. The van der Waals surface area contributed by atoms with Crippen LogP contribution in [0.15, 0.2) is 29.3 Å². The summed E-state index contributed by atoms with van der Waals surface area (Å²) in [5.74, 6) is 1.49. The van der Waals surface area contributed by atoms with E-state index in [1.54, 1.807) is 30.3 Å². The molecule has 2 heterocycles. The maximum atomic E-state index is 12.0. The molecule has 0 saturated heterocycles. The van der Waals surface area contributed by atoms with E-state index in [0.29, 0.717) is 19.1 Å². The smallest absolute Gasteiger partial charge is 0.243 e. The molecule has 1 aliphatic heterocycles. The highest BCUT2D eigenvalue weighted by molar-refractivity contribution is 14.0. The molecule has 0 spiro atoms. The van der Waals surface area contributed by atoms with E-state index >= 15 is 0 Å². The van der Waals surface area contributed by atoms with Gasteiger partial charge in [0, 0.05) is 43.9 Å². The number of ether oxygens (including phenoxy) is 1. The van der Waals surface area contributed by atoms with Crippen molar-refractivity contribution in [3.63, 3.8) is 0 Å². The molecule has 1 atom stereocenters. The van der Waals surface area contributed by atoms with Gasteiger partial charge in [0.25, 0.3) is 0 Å². The lowest BCUT2D eigenvalue weighted by molar-refractivity contribution is -0.127. The monoisotopic (exact) mass is 543 g/mol. The number of fused-ring (bicyclic) bond motifs is 1. The number of aryl methyl sites for hydroxylation is 2. The van der Waals surface area contributed by atoms with Crippen molar-refractivity contribution < 1.29 is 9.53 Å². The third-order valence-corrected chi connectivity index (χ3v) is 5.98. The Balaban J connectivity index is 0.00000320. The van der Waals surface area contributed by atoms with E-state index in [-0.39, 0.29) is 42.5 Å². The number of aromatic nitrogens is 1. The van der Waals surface area contributed by atoms with Gasteiger partial charge in [0.2, 0.25) is 5.91 Å². The predicted octanol–water partition coefficient (Wildman–Crippen LogP) is 3.07. The molecule has 1 unspecified atom stereocenters.